The third-order valence-electron chi connectivity index (χ3n) is 6.67. The lowest BCUT2D eigenvalue weighted by Crippen LogP contribution is -2.57. The molecule has 9 nitrogen and oxygen atoms in total. The molecular formula is C30H39ClN4O5. The summed E-state index contributed by atoms with van der Waals surface area (Å²) >= 11 is 6.43. The third-order valence-corrected chi connectivity index (χ3v) is 6.99. The van der Waals surface area contributed by atoms with Crippen molar-refractivity contribution in [2.24, 2.45) is 5.73 Å². The van der Waals surface area contributed by atoms with Gasteiger partial charge in [0.05, 0.1) is 17.1 Å². The standard InChI is InChI=1S/C30H39ClN4O5/c1-17-13-18(2)15-20(14-17)26(27(37)34-25-19(3)9-7-12-22(25)31)35(21-10-8-11-21)28(38)23(16-24(32)36)33-29(39)40-30(4,5)6/h7,9,12-15,21,23,26H,8,10-11,16H2,1-6H3,(H2,32,36)(H,33,39)(H,34,37). The molecule has 0 radical (unpaired) electrons. The Hall–Kier alpha value is -3.59. The van der Waals surface area contributed by atoms with Gasteiger partial charge in [0.1, 0.15) is 17.7 Å². The lowest BCUT2D eigenvalue weighted by Gasteiger charge is -2.43. The lowest BCUT2D eigenvalue weighted by molar-refractivity contribution is -0.146. The van der Waals surface area contributed by atoms with E-state index in [1.807, 2.05) is 45.0 Å². The number of carbonyl (C=O) groups is 4. The van der Waals surface area contributed by atoms with Gasteiger partial charge in [0.25, 0.3) is 5.91 Å². The number of aryl methyl sites for hydroxylation is 3. The van der Waals surface area contributed by atoms with Crippen LogP contribution >= 0.6 is 11.6 Å². The molecule has 4 N–H and O–H groups in total. The zero-order chi connectivity index (χ0) is 29.8. The molecule has 0 aliphatic heterocycles. The summed E-state index contributed by atoms with van der Waals surface area (Å²) < 4.78 is 5.34. The molecule has 4 amide bonds. The Morgan fingerprint density at radius 2 is 1.70 bits per heavy atom. The number of hydrogen-bond donors (Lipinski definition) is 3. The molecule has 2 unspecified atom stereocenters. The molecule has 3 rings (SSSR count). The fourth-order valence-electron chi connectivity index (χ4n) is 4.80. The third kappa shape index (κ3) is 7.97. The highest BCUT2D eigenvalue weighted by Crippen LogP contribution is 2.36. The number of benzene rings is 2. The van der Waals surface area contributed by atoms with Crippen molar-refractivity contribution in [2.45, 2.75) is 91.0 Å². The highest BCUT2D eigenvalue weighted by atomic mass is 35.5. The van der Waals surface area contributed by atoms with E-state index in [1.54, 1.807) is 32.9 Å². The van der Waals surface area contributed by atoms with E-state index >= 15 is 0 Å². The molecule has 1 saturated carbocycles. The van der Waals surface area contributed by atoms with Gasteiger partial charge in [-0.05, 0) is 78.0 Å². The summed E-state index contributed by atoms with van der Waals surface area (Å²) in [4.78, 5) is 54.5. The molecule has 2 atom stereocenters. The quantitative estimate of drug-likeness (QED) is 0.386. The van der Waals surface area contributed by atoms with E-state index in [-0.39, 0.29) is 6.04 Å². The SMILES string of the molecule is Cc1cc(C)cc(C(C(=O)Nc2c(C)cccc2Cl)N(C(=O)C(CC(N)=O)NC(=O)OC(C)(C)C)C2CCC2)c1. The van der Waals surface area contributed by atoms with Crippen LogP contribution < -0.4 is 16.4 Å². The fraction of sp³-hybridized carbons (Fsp3) is 0.467. The van der Waals surface area contributed by atoms with Gasteiger partial charge in [-0.15, -0.1) is 0 Å². The Labute approximate surface area is 240 Å². The van der Waals surface area contributed by atoms with Gasteiger partial charge in [0.15, 0.2) is 0 Å². The molecule has 2 aromatic carbocycles. The number of rotatable bonds is 9. The Bertz CT molecular complexity index is 1240. The van der Waals surface area contributed by atoms with E-state index in [0.29, 0.717) is 29.1 Å². The molecule has 0 bridgehead atoms. The Morgan fingerprint density at radius 1 is 1.07 bits per heavy atom. The van der Waals surface area contributed by atoms with Gasteiger partial charge in [0, 0.05) is 6.04 Å². The zero-order valence-corrected chi connectivity index (χ0v) is 24.7. The predicted molar refractivity (Wildman–Crippen MR) is 155 cm³/mol. The van der Waals surface area contributed by atoms with Gasteiger partial charge in [-0.3, -0.25) is 14.4 Å². The second kappa shape index (κ2) is 12.7. The van der Waals surface area contributed by atoms with Crippen molar-refractivity contribution in [2.75, 3.05) is 5.32 Å². The molecule has 2 aromatic rings. The maximum absolute atomic E-state index is 14.2. The molecule has 40 heavy (non-hydrogen) atoms. The molecule has 0 spiro atoms. The second-order valence-electron chi connectivity index (χ2n) is 11.4. The minimum atomic E-state index is -1.32. The molecule has 0 saturated heterocycles. The first-order valence-electron chi connectivity index (χ1n) is 13.4. The highest BCUT2D eigenvalue weighted by Gasteiger charge is 2.42. The van der Waals surface area contributed by atoms with Crippen molar-refractivity contribution >= 4 is 41.1 Å². The average Bonchev–Trinajstić information content (AvgIpc) is 2.77. The summed E-state index contributed by atoms with van der Waals surface area (Å²) in [6, 6.07) is 8.32. The van der Waals surface area contributed by atoms with Crippen molar-refractivity contribution in [3.63, 3.8) is 0 Å². The van der Waals surface area contributed by atoms with E-state index in [4.69, 9.17) is 22.1 Å². The Balaban J connectivity index is 2.09. The Kier molecular flexibility index (Phi) is 9.84. The van der Waals surface area contributed by atoms with Crippen molar-refractivity contribution in [3.8, 4) is 0 Å². The van der Waals surface area contributed by atoms with Crippen LogP contribution in [0.1, 0.15) is 74.8 Å². The van der Waals surface area contributed by atoms with Crippen molar-refractivity contribution in [1.29, 1.82) is 0 Å². The fourth-order valence-corrected chi connectivity index (χ4v) is 5.07. The number of primary amides is 1. The molecule has 0 heterocycles. The van der Waals surface area contributed by atoms with Gasteiger partial charge in [0.2, 0.25) is 11.8 Å². The molecular weight excluding hydrogens is 532 g/mol. The summed E-state index contributed by atoms with van der Waals surface area (Å²) in [7, 11) is 0. The number of amides is 4. The molecule has 1 aliphatic rings. The van der Waals surface area contributed by atoms with E-state index in [9.17, 15) is 19.2 Å². The smallest absolute Gasteiger partial charge is 0.408 e. The lowest BCUT2D eigenvalue weighted by atomic mass is 9.87. The summed E-state index contributed by atoms with van der Waals surface area (Å²) in [5.41, 5.74) is 8.32. The number of para-hydroxylation sites is 1. The van der Waals surface area contributed by atoms with Crippen LogP contribution in [-0.2, 0) is 19.1 Å². The van der Waals surface area contributed by atoms with Crippen molar-refractivity contribution in [3.05, 3.63) is 63.7 Å². The normalized spacial score (nSPS) is 14.9. The first-order valence-corrected chi connectivity index (χ1v) is 13.8. The minimum Gasteiger partial charge on any atom is -0.444 e. The number of alkyl carbamates (subject to hydrolysis) is 1. The van der Waals surface area contributed by atoms with E-state index in [0.717, 1.165) is 23.1 Å². The predicted octanol–water partition coefficient (Wildman–Crippen LogP) is 5.09. The van der Waals surface area contributed by atoms with Crippen LogP contribution in [-0.4, -0.2) is 46.4 Å². The van der Waals surface area contributed by atoms with E-state index in [2.05, 4.69) is 10.6 Å². The van der Waals surface area contributed by atoms with Gasteiger partial charge < -0.3 is 26.0 Å². The average molecular weight is 571 g/mol. The number of nitrogens with one attached hydrogen (secondary N) is 2. The zero-order valence-electron chi connectivity index (χ0n) is 24.0. The summed E-state index contributed by atoms with van der Waals surface area (Å²) in [5.74, 6) is -1.83. The Morgan fingerprint density at radius 3 is 2.20 bits per heavy atom. The van der Waals surface area contributed by atoms with Gasteiger partial charge in [-0.2, -0.15) is 0 Å². The van der Waals surface area contributed by atoms with Crippen LogP contribution in [0.25, 0.3) is 0 Å². The van der Waals surface area contributed by atoms with Gasteiger partial charge in [-0.1, -0.05) is 53.1 Å². The molecule has 0 aromatic heterocycles. The maximum Gasteiger partial charge on any atom is 0.408 e. The van der Waals surface area contributed by atoms with Crippen LogP contribution in [0.3, 0.4) is 0 Å². The van der Waals surface area contributed by atoms with Gasteiger partial charge >= 0.3 is 6.09 Å². The number of hydrogen-bond acceptors (Lipinski definition) is 5. The van der Waals surface area contributed by atoms with Gasteiger partial charge in [-0.25, -0.2) is 4.79 Å². The number of nitrogens with two attached hydrogens (primary N) is 1. The largest absolute Gasteiger partial charge is 0.444 e. The first-order chi connectivity index (χ1) is 18.7. The molecule has 216 valence electrons. The summed E-state index contributed by atoms with van der Waals surface area (Å²) in [5, 5.41) is 5.82. The molecule has 10 heteroatoms. The van der Waals surface area contributed by atoms with Crippen LogP contribution in [0.5, 0.6) is 0 Å². The monoisotopic (exact) mass is 570 g/mol. The number of carbonyl (C=O) groups excluding carboxylic acids is 4. The van der Waals surface area contributed by atoms with Crippen LogP contribution in [0.15, 0.2) is 36.4 Å². The highest BCUT2D eigenvalue weighted by molar-refractivity contribution is 6.34. The topological polar surface area (TPSA) is 131 Å². The number of anilines is 1. The van der Waals surface area contributed by atoms with Crippen LogP contribution in [0, 0.1) is 20.8 Å². The van der Waals surface area contributed by atoms with E-state index < -0.39 is 47.9 Å². The minimum absolute atomic E-state index is 0.285. The van der Waals surface area contributed by atoms with E-state index in [1.165, 1.54) is 4.90 Å². The molecule has 1 aliphatic carbocycles. The van der Waals surface area contributed by atoms with Crippen LogP contribution in [0.2, 0.25) is 5.02 Å². The van der Waals surface area contributed by atoms with Crippen molar-refractivity contribution in [1.82, 2.24) is 10.2 Å². The first kappa shape index (κ1) is 30.9. The van der Waals surface area contributed by atoms with Crippen molar-refractivity contribution < 1.29 is 23.9 Å². The second-order valence-corrected chi connectivity index (χ2v) is 11.9. The van der Waals surface area contributed by atoms with Crippen LogP contribution in [0.4, 0.5) is 10.5 Å². The maximum atomic E-state index is 14.2. The number of nitrogens with zero attached hydrogens (tertiary/aromatic N) is 1. The number of halogens is 1. The molecule has 1 fully saturated rings. The summed E-state index contributed by atoms with van der Waals surface area (Å²) in [6.45, 7) is 10.7. The number of ether oxygens (including phenoxy) is 1. The summed E-state index contributed by atoms with van der Waals surface area (Å²) in [6.07, 6.45) is 0.896.